The molecule has 1 aliphatic rings. The second kappa shape index (κ2) is 6.53. The number of hydrogen-bond acceptors (Lipinski definition) is 5. The molecule has 1 aromatic rings. The largest absolute Gasteiger partial charge is 0.388 e. The fourth-order valence-electron chi connectivity index (χ4n) is 2.82. The van der Waals surface area contributed by atoms with Crippen molar-refractivity contribution in [3.63, 3.8) is 0 Å². The number of β-amino-alcohol motifs (C(OH)–C–C–N with tert-alkyl or cyclic N) is 1. The maximum atomic E-state index is 11.9. The number of piperidine rings is 1. The van der Waals surface area contributed by atoms with Crippen molar-refractivity contribution in [3.8, 4) is 0 Å². The van der Waals surface area contributed by atoms with E-state index < -0.39 is 5.60 Å². The molecular formula is C14H25N5O2. The van der Waals surface area contributed by atoms with Crippen LogP contribution in [0, 0.1) is 0 Å². The van der Waals surface area contributed by atoms with E-state index in [0.717, 1.165) is 25.2 Å². The molecular weight excluding hydrogens is 270 g/mol. The van der Waals surface area contributed by atoms with Gasteiger partial charge in [-0.2, -0.15) is 0 Å². The van der Waals surface area contributed by atoms with Crippen LogP contribution in [0.2, 0.25) is 0 Å². The highest BCUT2D eigenvalue weighted by atomic mass is 16.3. The Labute approximate surface area is 125 Å². The number of carbonyl (C=O) groups excluding carboxylic acids is 1. The molecule has 2 heterocycles. The van der Waals surface area contributed by atoms with E-state index in [-0.39, 0.29) is 12.3 Å². The summed E-state index contributed by atoms with van der Waals surface area (Å²) in [5, 5.41) is 18.6. The molecule has 1 saturated heterocycles. The summed E-state index contributed by atoms with van der Waals surface area (Å²) in [5.74, 6) is -0.0281. The van der Waals surface area contributed by atoms with Gasteiger partial charge in [0.2, 0.25) is 5.91 Å². The van der Waals surface area contributed by atoms with Crippen LogP contribution in [0.4, 0.5) is 0 Å². The number of carbonyl (C=O) groups is 1. The lowest BCUT2D eigenvalue weighted by molar-refractivity contribution is -0.136. The normalized spacial score (nSPS) is 23.2. The Morgan fingerprint density at radius 1 is 1.52 bits per heavy atom. The highest BCUT2D eigenvalue weighted by Crippen LogP contribution is 2.26. The van der Waals surface area contributed by atoms with E-state index in [4.69, 9.17) is 0 Å². The standard InChI is InChI=1S/C14H25N5O2/c1-4-19-12(9-15-16-19)10-18-7-5-6-14(21,11-18)8-13(20)17(2)3/h9,21H,4-8,10-11H2,1-3H3. The molecule has 1 fully saturated rings. The van der Waals surface area contributed by atoms with Crippen LogP contribution in [-0.2, 0) is 17.9 Å². The van der Waals surface area contributed by atoms with E-state index in [1.165, 1.54) is 4.90 Å². The molecule has 0 aromatic carbocycles. The highest BCUT2D eigenvalue weighted by molar-refractivity contribution is 5.76. The van der Waals surface area contributed by atoms with Gasteiger partial charge in [0, 0.05) is 33.7 Å². The maximum absolute atomic E-state index is 11.9. The first kappa shape index (κ1) is 15.9. The first-order valence-electron chi connectivity index (χ1n) is 7.46. The van der Waals surface area contributed by atoms with Crippen LogP contribution < -0.4 is 0 Å². The zero-order valence-corrected chi connectivity index (χ0v) is 13.1. The van der Waals surface area contributed by atoms with Gasteiger partial charge in [0.25, 0.3) is 0 Å². The second-order valence-electron chi connectivity index (χ2n) is 6.04. The molecule has 0 bridgehead atoms. The molecule has 1 atom stereocenters. The number of likely N-dealkylation sites (tertiary alicyclic amines) is 1. The minimum absolute atomic E-state index is 0.0281. The first-order valence-corrected chi connectivity index (χ1v) is 7.46. The van der Waals surface area contributed by atoms with Gasteiger partial charge in [-0.15, -0.1) is 5.10 Å². The van der Waals surface area contributed by atoms with Crippen molar-refractivity contribution in [1.29, 1.82) is 0 Å². The third-order valence-electron chi connectivity index (χ3n) is 4.00. The molecule has 7 heteroatoms. The number of rotatable bonds is 5. The van der Waals surface area contributed by atoms with Crippen molar-refractivity contribution in [1.82, 2.24) is 24.8 Å². The van der Waals surface area contributed by atoms with E-state index in [0.29, 0.717) is 19.5 Å². The van der Waals surface area contributed by atoms with E-state index in [1.54, 1.807) is 20.3 Å². The van der Waals surface area contributed by atoms with Crippen molar-refractivity contribution in [2.75, 3.05) is 27.2 Å². The lowest BCUT2D eigenvalue weighted by Crippen LogP contribution is -2.50. The summed E-state index contributed by atoms with van der Waals surface area (Å²) in [6.07, 6.45) is 3.52. The molecule has 0 aliphatic carbocycles. The summed E-state index contributed by atoms with van der Waals surface area (Å²) in [5.41, 5.74) is 0.116. The molecule has 1 unspecified atom stereocenters. The Morgan fingerprint density at radius 3 is 2.95 bits per heavy atom. The Hall–Kier alpha value is -1.47. The van der Waals surface area contributed by atoms with E-state index in [9.17, 15) is 9.90 Å². The highest BCUT2D eigenvalue weighted by Gasteiger charge is 2.35. The van der Waals surface area contributed by atoms with Crippen molar-refractivity contribution >= 4 is 5.91 Å². The minimum atomic E-state index is -0.926. The van der Waals surface area contributed by atoms with Gasteiger partial charge in [0.15, 0.2) is 0 Å². The number of amides is 1. The van der Waals surface area contributed by atoms with Gasteiger partial charge < -0.3 is 10.0 Å². The summed E-state index contributed by atoms with van der Waals surface area (Å²) in [6, 6.07) is 0. The summed E-state index contributed by atoms with van der Waals surface area (Å²) >= 11 is 0. The number of hydrogen-bond donors (Lipinski definition) is 1. The van der Waals surface area contributed by atoms with Crippen LogP contribution >= 0.6 is 0 Å². The van der Waals surface area contributed by atoms with Crippen LogP contribution in [0.15, 0.2) is 6.20 Å². The van der Waals surface area contributed by atoms with E-state index in [1.807, 2.05) is 11.6 Å². The molecule has 1 aromatic heterocycles. The Morgan fingerprint density at radius 2 is 2.29 bits per heavy atom. The Kier molecular flexibility index (Phi) is 4.95. The lowest BCUT2D eigenvalue weighted by atomic mass is 9.89. The van der Waals surface area contributed by atoms with E-state index >= 15 is 0 Å². The van der Waals surface area contributed by atoms with E-state index in [2.05, 4.69) is 15.2 Å². The van der Waals surface area contributed by atoms with Crippen LogP contribution in [0.1, 0.15) is 31.9 Å². The third-order valence-corrected chi connectivity index (χ3v) is 4.00. The SMILES string of the molecule is CCn1nncc1CN1CCCC(O)(CC(=O)N(C)C)C1. The number of aryl methyl sites for hydroxylation is 1. The van der Waals surface area contributed by atoms with Crippen LogP contribution in [0.5, 0.6) is 0 Å². The van der Waals surface area contributed by atoms with Crippen molar-refractivity contribution < 1.29 is 9.90 Å². The molecule has 118 valence electrons. The summed E-state index contributed by atoms with van der Waals surface area (Å²) < 4.78 is 1.86. The molecule has 1 aliphatic heterocycles. The fraction of sp³-hybridized carbons (Fsp3) is 0.786. The lowest BCUT2D eigenvalue weighted by Gasteiger charge is -2.39. The molecule has 2 rings (SSSR count). The predicted molar refractivity (Wildman–Crippen MR) is 78.5 cm³/mol. The van der Waals surface area contributed by atoms with Gasteiger partial charge in [-0.3, -0.25) is 9.69 Å². The van der Waals surface area contributed by atoms with Gasteiger partial charge >= 0.3 is 0 Å². The predicted octanol–water partition coefficient (Wildman–Crippen LogP) is 0.103. The molecule has 0 saturated carbocycles. The zero-order chi connectivity index (χ0) is 15.5. The summed E-state index contributed by atoms with van der Waals surface area (Å²) in [7, 11) is 3.44. The quantitative estimate of drug-likeness (QED) is 0.834. The van der Waals surface area contributed by atoms with Crippen molar-refractivity contribution in [2.24, 2.45) is 0 Å². The second-order valence-corrected chi connectivity index (χ2v) is 6.04. The molecule has 1 N–H and O–H groups in total. The van der Waals surface area contributed by atoms with Crippen molar-refractivity contribution in [2.45, 2.75) is 44.9 Å². The topological polar surface area (TPSA) is 74.5 Å². The summed E-state index contributed by atoms with van der Waals surface area (Å²) in [4.78, 5) is 15.6. The number of aliphatic hydroxyl groups is 1. The van der Waals surface area contributed by atoms with Gasteiger partial charge in [-0.25, -0.2) is 4.68 Å². The van der Waals surface area contributed by atoms with Gasteiger partial charge in [0.05, 0.1) is 23.9 Å². The van der Waals surface area contributed by atoms with Gasteiger partial charge in [-0.05, 0) is 26.3 Å². The van der Waals surface area contributed by atoms with Crippen LogP contribution in [-0.4, -0.2) is 68.6 Å². The monoisotopic (exact) mass is 295 g/mol. The fourth-order valence-corrected chi connectivity index (χ4v) is 2.82. The smallest absolute Gasteiger partial charge is 0.224 e. The minimum Gasteiger partial charge on any atom is -0.388 e. The Bertz CT molecular complexity index is 487. The molecule has 1 amide bonds. The molecule has 0 radical (unpaired) electrons. The molecule has 7 nitrogen and oxygen atoms in total. The third kappa shape index (κ3) is 4.01. The van der Waals surface area contributed by atoms with Crippen LogP contribution in [0.3, 0.4) is 0 Å². The maximum Gasteiger partial charge on any atom is 0.224 e. The van der Waals surface area contributed by atoms with Gasteiger partial charge in [0.1, 0.15) is 0 Å². The number of aromatic nitrogens is 3. The van der Waals surface area contributed by atoms with Crippen molar-refractivity contribution in [3.05, 3.63) is 11.9 Å². The average molecular weight is 295 g/mol. The van der Waals surface area contributed by atoms with Crippen LogP contribution in [0.25, 0.3) is 0 Å². The Balaban J connectivity index is 1.98. The first-order chi connectivity index (χ1) is 9.93. The molecule has 0 spiro atoms. The zero-order valence-electron chi connectivity index (χ0n) is 13.1. The van der Waals surface area contributed by atoms with Gasteiger partial charge in [-0.1, -0.05) is 5.21 Å². The average Bonchev–Trinajstić information content (AvgIpc) is 2.85. The summed E-state index contributed by atoms with van der Waals surface area (Å²) in [6.45, 7) is 4.96. The number of nitrogens with zero attached hydrogens (tertiary/aromatic N) is 5. The molecule has 21 heavy (non-hydrogen) atoms.